The summed E-state index contributed by atoms with van der Waals surface area (Å²) < 4.78 is 20.3. The Morgan fingerprint density at radius 1 is 1.22 bits per heavy atom. The van der Waals surface area contributed by atoms with Crippen LogP contribution in [0.1, 0.15) is 30.0 Å². The van der Waals surface area contributed by atoms with Crippen LogP contribution in [0.25, 0.3) is 0 Å². The number of ether oxygens (including phenoxy) is 1. The van der Waals surface area contributed by atoms with Crippen LogP contribution < -0.4 is 0 Å². The van der Waals surface area contributed by atoms with Gasteiger partial charge in [0.1, 0.15) is 10.8 Å². The van der Waals surface area contributed by atoms with Gasteiger partial charge in [-0.25, -0.2) is 4.39 Å². The predicted octanol–water partition coefficient (Wildman–Crippen LogP) is 5.10. The first-order valence-electron chi connectivity index (χ1n) is 9.53. The Bertz CT molecular complexity index is 785. The minimum atomic E-state index is -0.199. The molecule has 4 atom stereocenters. The van der Waals surface area contributed by atoms with E-state index in [0.29, 0.717) is 18.2 Å². The zero-order chi connectivity index (χ0) is 18.6. The molecule has 0 aliphatic carbocycles. The number of pyridine rings is 1. The molecule has 2 aromatic rings. The molecule has 1 fully saturated rings. The summed E-state index contributed by atoms with van der Waals surface area (Å²) >= 11 is 3.59. The quantitative estimate of drug-likeness (QED) is 0.617. The lowest BCUT2D eigenvalue weighted by atomic mass is 9.75. The van der Waals surface area contributed by atoms with Gasteiger partial charge in [0.25, 0.3) is 0 Å². The maximum absolute atomic E-state index is 14.6. The van der Waals surface area contributed by atoms with Gasteiger partial charge in [0.15, 0.2) is 0 Å². The third-order valence-corrected chi connectivity index (χ3v) is 6.20. The molecule has 4 rings (SSSR count). The SMILES string of the molecule is Fc1cccnc1C(C1C=CN(Cc2ccccc2)C1)C1CCOC(Br)C1. The maximum atomic E-state index is 14.6. The van der Waals surface area contributed by atoms with Crippen molar-refractivity contribution in [1.82, 2.24) is 9.88 Å². The van der Waals surface area contributed by atoms with Gasteiger partial charge in [-0.05, 0) is 42.7 Å². The molecule has 0 spiro atoms. The molecule has 27 heavy (non-hydrogen) atoms. The topological polar surface area (TPSA) is 25.4 Å². The molecule has 1 saturated heterocycles. The second-order valence-electron chi connectivity index (χ2n) is 7.38. The summed E-state index contributed by atoms with van der Waals surface area (Å²) in [5.41, 5.74) is 1.88. The summed E-state index contributed by atoms with van der Waals surface area (Å²) in [7, 11) is 0. The molecule has 0 radical (unpaired) electrons. The molecule has 3 nitrogen and oxygen atoms in total. The van der Waals surface area contributed by atoms with E-state index < -0.39 is 0 Å². The van der Waals surface area contributed by atoms with Crippen LogP contribution in [-0.2, 0) is 11.3 Å². The second kappa shape index (κ2) is 8.53. The van der Waals surface area contributed by atoms with Crippen molar-refractivity contribution in [2.24, 2.45) is 11.8 Å². The first-order chi connectivity index (χ1) is 13.2. The van der Waals surface area contributed by atoms with Crippen molar-refractivity contribution in [1.29, 1.82) is 0 Å². The number of nitrogens with zero attached hydrogens (tertiary/aromatic N) is 2. The number of hydrogen-bond acceptors (Lipinski definition) is 3. The monoisotopic (exact) mass is 430 g/mol. The van der Waals surface area contributed by atoms with Crippen molar-refractivity contribution in [3.63, 3.8) is 0 Å². The molecule has 0 bridgehead atoms. The van der Waals surface area contributed by atoms with E-state index in [9.17, 15) is 4.39 Å². The summed E-state index contributed by atoms with van der Waals surface area (Å²) in [6, 6.07) is 13.7. The highest BCUT2D eigenvalue weighted by Gasteiger charge is 2.37. The van der Waals surface area contributed by atoms with E-state index in [2.05, 4.69) is 62.4 Å². The lowest BCUT2D eigenvalue weighted by Gasteiger charge is -2.35. The lowest BCUT2D eigenvalue weighted by Crippen LogP contribution is -2.32. The molecule has 2 aliphatic rings. The van der Waals surface area contributed by atoms with E-state index in [0.717, 1.165) is 25.9 Å². The van der Waals surface area contributed by atoms with Crippen molar-refractivity contribution >= 4 is 15.9 Å². The van der Waals surface area contributed by atoms with Crippen molar-refractivity contribution in [3.05, 3.63) is 78.0 Å². The van der Waals surface area contributed by atoms with Gasteiger partial charge in [-0.3, -0.25) is 4.98 Å². The normalized spacial score (nSPS) is 26.3. The first-order valence-corrected chi connectivity index (χ1v) is 10.4. The minimum Gasteiger partial charge on any atom is -0.373 e. The Labute approximate surface area is 168 Å². The molecule has 0 amide bonds. The van der Waals surface area contributed by atoms with Gasteiger partial charge in [0.05, 0.1) is 5.69 Å². The molecule has 1 aromatic carbocycles. The summed E-state index contributed by atoms with van der Waals surface area (Å²) in [4.78, 5) is 6.77. The van der Waals surface area contributed by atoms with E-state index in [-0.39, 0.29) is 22.7 Å². The molecule has 2 aliphatic heterocycles. The average Bonchev–Trinajstić information content (AvgIpc) is 3.12. The number of rotatable bonds is 5. The van der Waals surface area contributed by atoms with Gasteiger partial charge in [-0.15, -0.1) is 0 Å². The summed E-state index contributed by atoms with van der Waals surface area (Å²) in [6.07, 6.45) is 7.92. The van der Waals surface area contributed by atoms with Crippen molar-refractivity contribution in [3.8, 4) is 0 Å². The highest BCUT2D eigenvalue weighted by atomic mass is 79.9. The summed E-state index contributed by atoms with van der Waals surface area (Å²) in [5, 5.41) is 0.0383. The van der Waals surface area contributed by atoms with Gasteiger partial charge >= 0.3 is 0 Å². The Morgan fingerprint density at radius 2 is 2.07 bits per heavy atom. The van der Waals surface area contributed by atoms with Crippen LogP contribution >= 0.6 is 15.9 Å². The van der Waals surface area contributed by atoms with Gasteiger partial charge < -0.3 is 9.64 Å². The van der Waals surface area contributed by atoms with Crippen LogP contribution in [0, 0.1) is 17.7 Å². The van der Waals surface area contributed by atoms with Gasteiger partial charge in [0, 0.05) is 37.7 Å². The predicted molar refractivity (Wildman–Crippen MR) is 108 cm³/mol. The standard InChI is InChI=1S/C22H24BrFN2O/c23-20-13-17(9-12-27-20)21(22-19(24)7-4-10-25-22)18-8-11-26(15-18)14-16-5-2-1-3-6-16/h1-8,10-11,17-18,20-21H,9,12-15H2. The lowest BCUT2D eigenvalue weighted by molar-refractivity contribution is 0.0340. The number of hydrogen-bond donors (Lipinski definition) is 0. The van der Waals surface area contributed by atoms with E-state index in [1.54, 1.807) is 12.3 Å². The Hall–Kier alpha value is -1.72. The number of alkyl halides is 1. The Balaban J connectivity index is 1.54. The molecular weight excluding hydrogens is 407 g/mol. The number of aromatic nitrogens is 1. The molecule has 0 saturated carbocycles. The molecule has 0 N–H and O–H groups in total. The van der Waals surface area contributed by atoms with E-state index >= 15 is 0 Å². The van der Waals surface area contributed by atoms with Crippen molar-refractivity contribution < 1.29 is 9.13 Å². The van der Waals surface area contributed by atoms with E-state index in [1.807, 2.05) is 6.07 Å². The average molecular weight is 431 g/mol. The van der Waals surface area contributed by atoms with Crippen molar-refractivity contribution in [2.75, 3.05) is 13.2 Å². The van der Waals surface area contributed by atoms with Crippen LogP contribution in [-0.4, -0.2) is 28.0 Å². The molecule has 1 aromatic heterocycles. The van der Waals surface area contributed by atoms with Crippen molar-refractivity contribution in [2.45, 2.75) is 30.3 Å². The van der Waals surface area contributed by atoms with Crippen LogP contribution in [0.15, 0.2) is 60.9 Å². The molecular formula is C22H24BrFN2O. The fourth-order valence-electron chi connectivity index (χ4n) is 4.31. The second-order valence-corrected chi connectivity index (χ2v) is 8.40. The summed E-state index contributed by atoms with van der Waals surface area (Å²) in [5.74, 6) is 0.460. The Morgan fingerprint density at radius 3 is 2.85 bits per heavy atom. The largest absolute Gasteiger partial charge is 0.373 e. The Kier molecular flexibility index (Phi) is 5.89. The molecule has 3 heterocycles. The fraction of sp³-hybridized carbons (Fsp3) is 0.409. The number of halogens is 2. The number of benzene rings is 1. The molecule has 142 valence electrons. The van der Waals surface area contributed by atoms with E-state index in [4.69, 9.17) is 4.74 Å². The fourth-order valence-corrected chi connectivity index (χ4v) is 4.98. The molecule has 4 unspecified atom stereocenters. The van der Waals surface area contributed by atoms with Crippen LogP contribution in [0.2, 0.25) is 0 Å². The molecule has 5 heteroatoms. The van der Waals surface area contributed by atoms with Crippen LogP contribution in [0.4, 0.5) is 4.39 Å². The van der Waals surface area contributed by atoms with Gasteiger partial charge in [0.2, 0.25) is 0 Å². The third kappa shape index (κ3) is 4.41. The van der Waals surface area contributed by atoms with Gasteiger partial charge in [-0.2, -0.15) is 0 Å². The highest BCUT2D eigenvalue weighted by molar-refractivity contribution is 9.09. The zero-order valence-corrected chi connectivity index (χ0v) is 16.8. The first kappa shape index (κ1) is 18.6. The zero-order valence-electron chi connectivity index (χ0n) is 15.2. The minimum absolute atomic E-state index is 0.0383. The third-order valence-electron chi connectivity index (χ3n) is 5.57. The van der Waals surface area contributed by atoms with Crippen LogP contribution in [0.5, 0.6) is 0 Å². The highest BCUT2D eigenvalue weighted by Crippen LogP contribution is 2.42. The maximum Gasteiger partial charge on any atom is 0.145 e. The summed E-state index contributed by atoms with van der Waals surface area (Å²) in [6.45, 7) is 2.47. The van der Waals surface area contributed by atoms with Gasteiger partial charge in [-0.1, -0.05) is 52.3 Å². The van der Waals surface area contributed by atoms with E-state index in [1.165, 1.54) is 11.6 Å². The smallest absolute Gasteiger partial charge is 0.145 e. The van der Waals surface area contributed by atoms with Crippen LogP contribution in [0.3, 0.4) is 0 Å².